The van der Waals surface area contributed by atoms with Gasteiger partial charge in [0.1, 0.15) is 5.82 Å². The maximum atomic E-state index is 13.2. The minimum Gasteiger partial charge on any atom is -0.345 e. The molecule has 5 heteroatoms. The highest BCUT2D eigenvalue weighted by Gasteiger charge is 2.21. The number of amides is 1. The Hall–Kier alpha value is -3.47. The van der Waals surface area contributed by atoms with Crippen LogP contribution in [0.1, 0.15) is 40.3 Å². The second kappa shape index (κ2) is 7.51. The van der Waals surface area contributed by atoms with Gasteiger partial charge in [0, 0.05) is 0 Å². The van der Waals surface area contributed by atoms with Crippen molar-refractivity contribution >= 4 is 16.7 Å². The third-order valence-electron chi connectivity index (χ3n) is 5.23. The lowest BCUT2D eigenvalue weighted by molar-refractivity contribution is 0.0939. The summed E-state index contributed by atoms with van der Waals surface area (Å²) in [6, 6.07) is 20.1. The lowest BCUT2D eigenvalue weighted by Crippen LogP contribution is -2.27. The van der Waals surface area contributed by atoms with Crippen LogP contribution in [0.2, 0.25) is 0 Å². The predicted octanol–water partition coefficient (Wildman–Crippen LogP) is 5.27. The molecule has 0 radical (unpaired) electrons. The van der Waals surface area contributed by atoms with Crippen LogP contribution in [0.25, 0.3) is 16.5 Å². The van der Waals surface area contributed by atoms with Gasteiger partial charge in [0.25, 0.3) is 5.91 Å². The molecule has 0 aliphatic rings. The van der Waals surface area contributed by atoms with Crippen molar-refractivity contribution in [3.8, 4) is 5.69 Å². The second-order valence-electron chi connectivity index (χ2n) is 7.20. The molecule has 1 aromatic heterocycles. The zero-order valence-electron chi connectivity index (χ0n) is 16.6. The van der Waals surface area contributed by atoms with Gasteiger partial charge in [-0.3, -0.25) is 4.79 Å². The van der Waals surface area contributed by atoms with Crippen molar-refractivity contribution in [2.45, 2.75) is 26.8 Å². The van der Waals surface area contributed by atoms with Crippen LogP contribution < -0.4 is 5.32 Å². The van der Waals surface area contributed by atoms with E-state index < -0.39 is 0 Å². The maximum absolute atomic E-state index is 13.2. The molecular weight excluding hydrogens is 365 g/mol. The topological polar surface area (TPSA) is 46.9 Å². The van der Waals surface area contributed by atoms with Crippen molar-refractivity contribution in [3.05, 3.63) is 95.1 Å². The number of rotatable bonds is 4. The Labute approximate surface area is 169 Å². The Morgan fingerprint density at radius 1 is 1.00 bits per heavy atom. The van der Waals surface area contributed by atoms with Crippen molar-refractivity contribution < 1.29 is 9.18 Å². The average Bonchev–Trinajstić information content (AvgIpc) is 3.02. The van der Waals surface area contributed by atoms with Gasteiger partial charge in [-0.05, 0) is 61.4 Å². The van der Waals surface area contributed by atoms with Gasteiger partial charge in [-0.25, -0.2) is 9.07 Å². The van der Waals surface area contributed by atoms with Gasteiger partial charge in [0.15, 0.2) is 0 Å². The minimum atomic E-state index is -0.308. The fraction of sp³-hybridized carbons (Fsp3) is 0.167. The molecule has 0 aliphatic carbocycles. The van der Waals surface area contributed by atoms with E-state index in [4.69, 9.17) is 0 Å². The first-order valence-electron chi connectivity index (χ1n) is 9.56. The number of aromatic nitrogens is 2. The van der Waals surface area contributed by atoms with E-state index in [-0.39, 0.29) is 17.8 Å². The fourth-order valence-electron chi connectivity index (χ4n) is 3.78. The van der Waals surface area contributed by atoms with E-state index >= 15 is 0 Å². The minimum absolute atomic E-state index is 0.165. The van der Waals surface area contributed by atoms with Gasteiger partial charge in [0.05, 0.1) is 28.7 Å². The van der Waals surface area contributed by atoms with E-state index in [2.05, 4.69) is 28.6 Å². The number of carbonyl (C=O) groups is 1. The molecule has 4 rings (SSSR count). The first-order valence-corrected chi connectivity index (χ1v) is 9.56. The van der Waals surface area contributed by atoms with Crippen molar-refractivity contribution in [2.75, 3.05) is 0 Å². The summed E-state index contributed by atoms with van der Waals surface area (Å²) in [6.07, 6.45) is 0. The van der Waals surface area contributed by atoms with Gasteiger partial charge in [-0.15, -0.1) is 0 Å². The van der Waals surface area contributed by atoms with Crippen molar-refractivity contribution in [1.29, 1.82) is 0 Å². The lowest BCUT2D eigenvalue weighted by atomic mass is 9.99. The highest BCUT2D eigenvalue weighted by Crippen LogP contribution is 2.25. The van der Waals surface area contributed by atoms with Gasteiger partial charge in [-0.2, -0.15) is 5.10 Å². The van der Waals surface area contributed by atoms with Crippen LogP contribution in [0.15, 0.2) is 66.7 Å². The van der Waals surface area contributed by atoms with E-state index in [9.17, 15) is 9.18 Å². The third kappa shape index (κ3) is 3.51. The molecule has 1 heterocycles. The zero-order valence-corrected chi connectivity index (χ0v) is 16.6. The van der Waals surface area contributed by atoms with Crippen LogP contribution in [-0.2, 0) is 0 Å². The van der Waals surface area contributed by atoms with E-state index in [1.54, 1.807) is 16.8 Å². The molecule has 3 aromatic carbocycles. The summed E-state index contributed by atoms with van der Waals surface area (Å²) in [5.41, 5.74) is 3.68. The molecule has 29 heavy (non-hydrogen) atoms. The summed E-state index contributed by atoms with van der Waals surface area (Å²) in [5, 5.41) is 9.87. The number of fused-ring (bicyclic) bond motifs is 1. The molecule has 0 spiro atoms. The van der Waals surface area contributed by atoms with Gasteiger partial charge >= 0.3 is 0 Å². The number of carbonyl (C=O) groups excluding carboxylic acids is 1. The second-order valence-corrected chi connectivity index (χ2v) is 7.20. The molecule has 0 saturated heterocycles. The molecule has 0 aliphatic heterocycles. The first-order chi connectivity index (χ1) is 14.0. The van der Waals surface area contributed by atoms with Gasteiger partial charge in [-0.1, -0.05) is 42.5 Å². The molecule has 0 fully saturated rings. The summed E-state index contributed by atoms with van der Waals surface area (Å²) < 4.78 is 14.9. The summed E-state index contributed by atoms with van der Waals surface area (Å²) >= 11 is 0. The largest absolute Gasteiger partial charge is 0.345 e. The molecule has 4 aromatic rings. The Bertz CT molecular complexity index is 1190. The average molecular weight is 387 g/mol. The van der Waals surface area contributed by atoms with E-state index in [0.29, 0.717) is 16.9 Å². The fourth-order valence-corrected chi connectivity index (χ4v) is 3.78. The first kappa shape index (κ1) is 18.9. The Morgan fingerprint density at radius 2 is 1.69 bits per heavy atom. The highest BCUT2D eigenvalue weighted by atomic mass is 19.1. The smallest absolute Gasteiger partial charge is 0.255 e. The van der Waals surface area contributed by atoms with Crippen LogP contribution in [0.5, 0.6) is 0 Å². The van der Waals surface area contributed by atoms with Crippen molar-refractivity contribution in [2.24, 2.45) is 0 Å². The number of benzene rings is 3. The summed E-state index contributed by atoms with van der Waals surface area (Å²) in [5.74, 6) is -0.481. The van der Waals surface area contributed by atoms with Crippen LogP contribution in [0.4, 0.5) is 4.39 Å². The number of halogens is 1. The number of nitrogens with one attached hydrogen (secondary N) is 1. The van der Waals surface area contributed by atoms with Crippen molar-refractivity contribution in [3.63, 3.8) is 0 Å². The number of hydrogen-bond donors (Lipinski definition) is 1. The Morgan fingerprint density at radius 3 is 2.45 bits per heavy atom. The van der Waals surface area contributed by atoms with Gasteiger partial charge < -0.3 is 5.32 Å². The van der Waals surface area contributed by atoms with Crippen LogP contribution in [0, 0.1) is 19.7 Å². The quantitative estimate of drug-likeness (QED) is 0.518. The van der Waals surface area contributed by atoms with E-state index in [1.165, 1.54) is 12.1 Å². The van der Waals surface area contributed by atoms with Crippen LogP contribution in [-0.4, -0.2) is 15.7 Å². The van der Waals surface area contributed by atoms with Crippen LogP contribution >= 0.6 is 0 Å². The molecule has 4 nitrogen and oxygen atoms in total. The summed E-state index contributed by atoms with van der Waals surface area (Å²) in [6.45, 7) is 5.64. The third-order valence-corrected chi connectivity index (χ3v) is 5.23. The molecule has 0 saturated carbocycles. The Balaban J connectivity index is 1.64. The van der Waals surface area contributed by atoms with Gasteiger partial charge in [0.2, 0.25) is 0 Å². The zero-order chi connectivity index (χ0) is 20.5. The number of nitrogens with zero attached hydrogens (tertiary/aromatic N) is 2. The lowest BCUT2D eigenvalue weighted by Gasteiger charge is -2.17. The normalized spacial score (nSPS) is 12.1. The monoisotopic (exact) mass is 387 g/mol. The summed E-state index contributed by atoms with van der Waals surface area (Å²) in [7, 11) is 0. The Kier molecular flexibility index (Phi) is 4.89. The highest BCUT2D eigenvalue weighted by molar-refractivity contribution is 5.97. The number of hydrogen-bond acceptors (Lipinski definition) is 2. The number of aryl methyl sites for hydroxylation is 1. The summed E-state index contributed by atoms with van der Waals surface area (Å²) in [4.78, 5) is 13.1. The molecule has 1 atom stereocenters. The maximum Gasteiger partial charge on any atom is 0.255 e. The molecule has 146 valence electrons. The van der Waals surface area contributed by atoms with E-state index in [1.807, 2.05) is 45.0 Å². The molecular formula is C24H22FN3O. The molecule has 1 amide bonds. The predicted molar refractivity (Wildman–Crippen MR) is 113 cm³/mol. The van der Waals surface area contributed by atoms with Crippen molar-refractivity contribution in [1.82, 2.24) is 15.1 Å². The van der Waals surface area contributed by atoms with E-state index in [0.717, 1.165) is 22.0 Å². The molecule has 0 bridgehead atoms. The SMILES string of the molecule is Cc1nn(-c2ccc(F)cc2)c(C)c1C(=O)NC(C)c1cccc2ccccc12. The standard InChI is InChI=1S/C24H22FN3O/c1-15(21-10-6-8-18-7-4-5-9-22(18)21)26-24(29)23-16(2)27-28(17(23)3)20-13-11-19(25)12-14-20/h4-15H,1-3H3,(H,26,29). The van der Waals surface area contributed by atoms with Crippen LogP contribution in [0.3, 0.4) is 0 Å². The molecule has 1 N–H and O–H groups in total. The molecule has 1 unspecified atom stereocenters.